The third-order valence-electron chi connectivity index (χ3n) is 7.53. The van der Waals surface area contributed by atoms with Crippen molar-refractivity contribution in [1.29, 1.82) is 0 Å². The maximum Gasteiger partial charge on any atom is 0.287 e. The van der Waals surface area contributed by atoms with Crippen LogP contribution in [0.25, 0.3) is 0 Å². The largest absolute Gasteiger partial charge is 0.508 e. The van der Waals surface area contributed by atoms with E-state index in [1.54, 1.807) is 30.3 Å². The number of rotatable bonds is 7. The highest BCUT2D eigenvalue weighted by atomic mass is 16.4. The van der Waals surface area contributed by atoms with Crippen LogP contribution in [0.4, 0.5) is 0 Å². The Balaban J connectivity index is 1.48. The van der Waals surface area contributed by atoms with Crippen molar-refractivity contribution < 1.29 is 19.4 Å². The van der Waals surface area contributed by atoms with Crippen LogP contribution in [-0.2, 0) is 23.7 Å². The molecule has 1 aliphatic rings. The van der Waals surface area contributed by atoms with Gasteiger partial charge < -0.3 is 19.9 Å². The number of hydrogen-bond acceptors (Lipinski definition) is 4. The van der Waals surface area contributed by atoms with Crippen molar-refractivity contribution in [2.75, 3.05) is 6.61 Å². The zero-order valence-electron chi connectivity index (χ0n) is 21.4. The minimum Gasteiger partial charge on any atom is -0.508 e. The van der Waals surface area contributed by atoms with Gasteiger partial charge in [0.25, 0.3) is 5.91 Å². The molecule has 186 valence electrons. The third-order valence-corrected chi connectivity index (χ3v) is 7.53. The molecule has 0 spiro atoms. The van der Waals surface area contributed by atoms with Gasteiger partial charge >= 0.3 is 0 Å². The van der Waals surface area contributed by atoms with Crippen molar-refractivity contribution in [2.24, 2.45) is 0 Å². The van der Waals surface area contributed by atoms with Crippen molar-refractivity contribution in [2.45, 2.75) is 77.2 Å². The Morgan fingerprint density at radius 1 is 1.00 bits per heavy atom. The van der Waals surface area contributed by atoms with Crippen LogP contribution in [0.3, 0.4) is 0 Å². The molecule has 1 aromatic heterocycles. The van der Waals surface area contributed by atoms with Crippen LogP contribution in [-0.4, -0.2) is 28.8 Å². The van der Waals surface area contributed by atoms with Crippen LogP contribution in [0.2, 0.25) is 0 Å². The number of aryl methyl sites for hydroxylation is 1. The molecule has 0 aliphatic heterocycles. The summed E-state index contributed by atoms with van der Waals surface area (Å²) in [6, 6.07) is 14.5. The number of fused-ring (bicyclic) bond motifs is 1. The molecule has 1 aliphatic carbocycles. The molecule has 0 saturated heterocycles. The van der Waals surface area contributed by atoms with E-state index in [2.05, 4.69) is 52.1 Å². The van der Waals surface area contributed by atoms with E-state index < -0.39 is 6.04 Å². The summed E-state index contributed by atoms with van der Waals surface area (Å²) in [6.45, 7) is 11.3. The summed E-state index contributed by atoms with van der Waals surface area (Å²) in [6.07, 6.45) is 3.43. The van der Waals surface area contributed by atoms with E-state index in [9.17, 15) is 15.0 Å². The van der Waals surface area contributed by atoms with Crippen LogP contribution < -0.4 is 5.32 Å². The monoisotopic (exact) mass is 475 g/mol. The number of benzene rings is 2. The molecule has 0 saturated carbocycles. The molecule has 3 N–H and O–H groups in total. The predicted octanol–water partition coefficient (Wildman–Crippen LogP) is 5.57. The second-order valence-electron chi connectivity index (χ2n) is 11.3. The smallest absolute Gasteiger partial charge is 0.287 e. The van der Waals surface area contributed by atoms with E-state index in [4.69, 9.17) is 4.42 Å². The molecule has 35 heavy (non-hydrogen) atoms. The maximum atomic E-state index is 12.8. The van der Waals surface area contributed by atoms with Gasteiger partial charge in [0.1, 0.15) is 11.5 Å². The van der Waals surface area contributed by atoms with Crippen molar-refractivity contribution in [3.05, 3.63) is 87.9 Å². The topological polar surface area (TPSA) is 82.7 Å². The lowest BCUT2D eigenvalue weighted by Gasteiger charge is -2.42. The molecule has 3 aromatic rings. The number of amides is 1. The first-order valence-electron chi connectivity index (χ1n) is 12.4. The first-order chi connectivity index (χ1) is 16.5. The molecule has 4 rings (SSSR count). The molecule has 0 fully saturated rings. The standard InChI is InChI=1S/C30H37NO4/c1-19-14-25-26(30(4,5)13-12-29(25,2)3)17-21(19)16-24-10-11-27(35-24)28(34)31-22(18-32)15-20-6-8-23(33)9-7-20/h6-11,14,17,22,32-33H,12-13,15-16,18H2,1-5H3,(H,31,34). The summed E-state index contributed by atoms with van der Waals surface area (Å²) in [7, 11) is 0. The van der Waals surface area contributed by atoms with Gasteiger partial charge in [-0.3, -0.25) is 4.79 Å². The molecular weight excluding hydrogens is 438 g/mol. The molecule has 0 bridgehead atoms. The minimum absolute atomic E-state index is 0.137. The van der Waals surface area contributed by atoms with Crippen molar-refractivity contribution >= 4 is 5.91 Å². The molecule has 0 radical (unpaired) electrons. The van der Waals surface area contributed by atoms with Crippen LogP contribution >= 0.6 is 0 Å². The summed E-state index contributed by atoms with van der Waals surface area (Å²) in [5.74, 6) is 0.813. The number of aliphatic hydroxyl groups is 1. The SMILES string of the molecule is Cc1cc2c(cc1Cc1ccc(C(=O)NC(CO)Cc3ccc(O)cc3)o1)C(C)(C)CCC2(C)C. The Labute approximate surface area is 208 Å². The number of hydrogen-bond donors (Lipinski definition) is 3. The van der Waals surface area contributed by atoms with Gasteiger partial charge in [0.15, 0.2) is 5.76 Å². The van der Waals surface area contributed by atoms with Crippen molar-refractivity contribution in [3.63, 3.8) is 0 Å². The minimum atomic E-state index is -0.450. The normalized spacial score (nSPS) is 17.0. The van der Waals surface area contributed by atoms with Crippen LogP contribution in [0.15, 0.2) is 52.9 Å². The summed E-state index contributed by atoms with van der Waals surface area (Å²) < 4.78 is 5.93. The lowest BCUT2D eigenvalue weighted by Crippen LogP contribution is -2.38. The summed E-state index contributed by atoms with van der Waals surface area (Å²) in [5, 5.41) is 22.0. The van der Waals surface area contributed by atoms with Gasteiger partial charge in [0, 0.05) is 6.42 Å². The van der Waals surface area contributed by atoms with E-state index >= 15 is 0 Å². The fourth-order valence-corrected chi connectivity index (χ4v) is 5.07. The highest BCUT2D eigenvalue weighted by Gasteiger charge is 2.37. The highest BCUT2D eigenvalue weighted by molar-refractivity contribution is 5.91. The van der Waals surface area contributed by atoms with Crippen LogP contribution in [0.1, 0.15) is 84.7 Å². The molecular formula is C30H37NO4. The number of nitrogens with one attached hydrogen (secondary N) is 1. The number of aliphatic hydroxyl groups excluding tert-OH is 1. The van der Waals surface area contributed by atoms with Crippen molar-refractivity contribution in [1.82, 2.24) is 5.32 Å². The van der Waals surface area contributed by atoms with Gasteiger partial charge in [0.05, 0.1) is 12.6 Å². The number of phenolic OH excluding ortho intramolecular Hbond substituents is 1. The molecule has 1 atom stereocenters. The quantitative estimate of drug-likeness (QED) is 0.417. The Bertz CT molecular complexity index is 1200. The van der Waals surface area contributed by atoms with Gasteiger partial charge in [-0.15, -0.1) is 0 Å². The number of carbonyl (C=O) groups is 1. The first-order valence-corrected chi connectivity index (χ1v) is 12.4. The average Bonchev–Trinajstić information content (AvgIpc) is 3.28. The molecule has 1 heterocycles. The molecule has 1 unspecified atom stereocenters. The van der Waals surface area contributed by atoms with Crippen LogP contribution in [0.5, 0.6) is 5.75 Å². The summed E-state index contributed by atoms with van der Waals surface area (Å²) in [5.41, 5.74) is 6.54. The highest BCUT2D eigenvalue weighted by Crippen LogP contribution is 2.46. The third kappa shape index (κ3) is 5.46. The van der Waals surface area contributed by atoms with Gasteiger partial charge in [0.2, 0.25) is 0 Å². The zero-order valence-corrected chi connectivity index (χ0v) is 21.4. The first kappa shape index (κ1) is 25.1. The summed E-state index contributed by atoms with van der Waals surface area (Å²) >= 11 is 0. The lowest BCUT2D eigenvalue weighted by atomic mass is 9.62. The Kier molecular flexibility index (Phi) is 6.83. The Morgan fingerprint density at radius 2 is 1.63 bits per heavy atom. The second-order valence-corrected chi connectivity index (χ2v) is 11.3. The molecule has 5 nitrogen and oxygen atoms in total. The number of carbonyl (C=O) groups excluding carboxylic acids is 1. The van der Waals surface area contributed by atoms with E-state index in [1.165, 1.54) is 28.7 Å². The Hall–Kier alpha value is -3.05. The molecule has 2 aromatic carbocycles. The van der Waals surface area contributed by atoms with E-state index in [0.29, 0.717) is 12.8 Å². The average molecular weight is 476 g/mol. The van der Waals surface area contributed by atoms with Gasteiger partial charge in [-0.25, -0.2) is 0 Å². The second kappa shape index (κ2) is 9.54. The van der Waals surface area contributed by atoms with E-state index in [1.807, 2.05) is 6.07 Å². The van der Waals surface area contributed by atoms with Crippen LogP contribution in [0, 0.1) is 6.92 Å². The fourth-order valence-electron chi connectivity index (χ4n) is 5.07. The Morgan fingerprint density at radius 3 is 2.26 bits per heavy atom. The van der Waals surface area contributed by atoms with E-state index in [-0.39, 0.29) is 34.9 Å². The molecule has 5 heteroatoms. The van der Waals surface area contributed by atoms with Gasteiger partial charge in [-0.05, 0) is 89.1 Å². The zero-order chi connectivity index (χ0) is 25.4. The fraction of sp³-hybridized carbons (Fsp3) is 0.433. The number of furan rings is 1. The lowest BCUT2D eigenvalue weighted by molar-refractivity contribution is 0.0887. The van der Waals surface area contributed by atoms with Crippen molar-refractivity contribution in [3.8, 4) is 5.75 Å². The number of phenols is 1. The van der Waals surface area contributed by atoms with E-state index in [0.717, 1.165) is 17.7 Å². The van der Waals surface area contributed by atoms with Gasteiger partial charge in [-0.1, -0.05) is 52.0 Å². The maximum absolute atomic E-state index is 12.8. The summed E-state index contributed by atoms with van der Waals surface area (Å²) in [4.78, 5) is 12.8. The number of aromatic hydroxyl groups is 1. The van der Waals surface area contributed by atoms with Gasteiger partial charge in [-0.2, -0.15) is 0 Å². The predicted molar refractivity (Wildman–Crippen MR) is 138 cm³/mol. The molecule has 1 amide bonds.